The number of piperidine rings is 1. The third-order valence-electron chi connectivity index (χ3n) is 3.39. The van der Waals surface area contributed by atoms with Crippen molar-refractivity contribution in [3.8, 4) is 0 Å². The summed E-state index contributed by atoms with van der Waals surface area (Å²) >= 11 is 0. The summed E-state index contributed by atoms with van der Waals surface area (Å²) in [6.45, 7) is 7.03. The van der Waals surface area contributed by atoms with Crippen LogP contribution in [0.25, 0.3) is 0 Å². The summed E-state index contributed by atoms with van der Waals surface area (Å²) in [6.07, 6.45) is 0.983. The number of nitrogens with zero attached hydrogens (tertiary/aromatic N) is 1. The molecule has 2 aliphatic rings. The van der Waals surface area contributed by atoms with Gasteiger partial charge in [0.1, 0.15) is 0 Å². The van der Waals surface area contributed by atoms with Gasteiger partial charge in [0, 0.05) is 19.1 Å². The Hall–Kier alpha value is 0.120. The van der Waals surface area contributed by atoms with E-state index in [1.54, 1.807) is 4.31 Å². The average molecular weight is 284 g/mol. The molecule has 0 aromatic rings. The molecule has 2 aliphatic heterocycles. The van der Waals surface area contributed by atoms with E-state index in [0.29, 0.717) is 24.9 Å². The highest BCUT2D eigenvalue weighted by Gasteiger charge is 2.37. The summed E-state index contributed by atoms with van der Waals surface area (Å²) in [5.41, 5.74) is 0. The highest BCUT2D eigenvalue weighted by Crippen LogP contribution is 2.27. The Kier molecular flexibility index (Phi) is 5.21. The van der Waals surface area contributed by atoms with Crippen molar-refractivity contribution < 1.29 is 8.42 Å². The lowest BCUT2D eigenvalue weighted by Gasteiger charge is -2.33. The number of fused-ring (bicyclic) bond motifs is 1. The molecule has 0 amide bonds. The van der Waals surface area contributed by atoms with Gasteiger partial charge in [-0.05, 0) is 45.2 Å². The SMILES string of the molecule is CC(C)NS(=O)(=O)N1CCC2CNCC2C1.Cl. The molecule has 17 heavy (non-hydrogen) atoms. The van der Waals surface area contributed by atoms with Crippen molar-refractivity contribution in [3.05, 3.63) is 0 Å². The highest BCUT2D eigenvalue weighted by molar-refractivity contribution is 7.87. The van der Waals surface area contributed by atoms with Crippen LogP contribution < -0.4 is 10.0 Å². The molecular formula is C10H22ClN3O2S. The summed E-state index contributed by atoms with van der Waals surface area (Å²) in [7, 11) is -3.27. The summed E-state index contributed by atoms with van der Waals surface area (Å²) in [6, 6.07) is -0.0376. The van der Waals surface area contributed by atoms with E-state index in [1.807, 2.05) is 13.8 Å². The molecule has 0 aromatic carbocycles. The maximum absolute atomic E-state index is 12.0. The van der Waals surface area contributed by atoms with Gasteiger partial charge >= 0.3 is 0 Å². The Morgan fingerprint density at radius 2 is 1.94 bits per heavy atom. The third kappa shape index (κ3) is 3.54. The molecule has 0 spiro atoms. The van der Waals surface area contributed by atoms with Crippen LogP contribution in [0, 0.1) is 11.8 Å². The van der Waals surface area contributed by atoms with Crippen LogP contribution >= 0.6 is 12.4 Å². The first kappa shape index (κ1) is 15.2. The molecule has 5 nitrogen and oxygen atoms in total. The zero-order valence-corrected chi connectivity index (χ0v) is 12.0. The zero-order chi connectivity index (χ0) is 11.8. The number of hydrogen-bond acceptors (Lipinski definition) is 3. The van der Waals surface area contributed by atoms with Crippen molar-refractivity contribution in [2.45, 2.75) is 26.3 Å². The van der Waals surface area contributed by atoms with Crippen molar-refractivity contribution in [1.82, 2.24) is 14.3 Å². The zero-order valence-electron chi connectivity index (χ0n) is 10.3. The van der Waals surface area contributed by atoms with E-state index in [4.69, 9.17) is 0 Å². The van der Waals surface area contributed by atoms with Crippen LogP contribution in [0.4, 0.5) is 0 Å². The smallest absolute Gasteiger partial charge is 0.279 e. The minimum Gasteiger partial charge on any atom is -0.316 e. The molecule has 0 aliphatic carbocycles. The van der Waals surface area contributed by atoms with Gasteiger partial charge in [-0.15, -0.1) is 12.4 Å². The Morgan fingerprint density at radius 1 is 1.29 bits per heavy atom. The number of rotatable bonds is 3. The van der Waals surface area contributed by atoms with Crippen LogP contribution in [0.3, 0.4) is 0 Å². The van der Waals surface area contributed by atoms with Crippen LogP contribution in [-0.2, 0) is 10.2 Å². The van der Waals surface area contributed by atoms with Gasteiger partial charge in [0.15, 0.2) is 0 Å². The third-order valence-corrected chi connectivity index (χ3v) is 5.17. The first-order valence-corrected chi connectivity index (χ1v) is 7.41. The van der Waals surface area contributed by atoms with Crippen LogP contribution in [0.15, 0.2) is 0 Å². The maximum Gasteiger partial charge on any atom is 0.279 e. The molecule has 0 bridgehead atoms. The Labute approximate surface area is 110 Å². The second-order valence-corrected chi connectivity index (χ2v) is 6.80. The van der Waals surface area contributed by atoms with Crippen molar-refractivity contribution in [2.24, 2.45) is 11.8 Å². The molecule has 0 radical (unpaired) electrons. The Bertz CT molecular complexity index is 347. The predicted octanol–water partition coefficient (Wildman–Crippen LogP) is 0.192. The second kappa shape index (κ2) is 5.84. The molecular weight excluding hydrogens is 262 g/mol. The lowest BCUT2D eigenvalue weighted by atomic mass is 9.90. The minimum absolute atomic E-state index is 0. The van der Waals surface area contributed by atoms with Gasteiger partial charge in [-0.25, -0.2) is 0 Å². The quantitative estimate of drug-likeness (QED) is 0.777. The van der Waals surface area contributed by atoms with Crippen molar-refractivity contribution in [1.29, 1.82) is 0 Å². The van der Waals surface area contributed by atoms with Crippen molar-refractivity contribution >= 4 is 22.6 Å². The molecule has 2 rings (SSSR count). The molecule has 2 atom stereocenters. The lowest BCUT2D eigenvalue weighted by molar-refractivity contribution is 0.225. The van der Waals surface area contributed by atoms with E-state index in [2.05, 4.69) is 10.0 Å². The van der Waals surface area contributed by atoms with Crippen LogP contribution in [0.1, 0.15) is 20.3 Å². The van der Waals surface area contributed by atoms with Crippen LogP contribution in [0.5, 0.6) is 0 Å². The standard InChI is InChI=1S/C10H21N3O2S.ClH/c1-8(2)12-16(14,15)13-4-3-9-5-11-6-10(9)7-13;/h8-12H,3-7H2,1-2H3;1H. The van der Waals surface area contributed by atoms with E-state index >= 15 is 0 Å². The van der Waals surface area contributed by atoms with Gasteiger partial charge < -0.3 is 5.32 Å². The van der Waals surface area contributed by atoms with Gasteiger partial charge in [-0.3, -0.25) is 0 Å². The fourth-order valence-electron chi connectivity index (χ4n) is 2.59. The van der Waals surface area contributed by atoms with E-state index < -0.39 is 10.2 Å². The van der Waals surface area contributed by atoms with Crippen LogP contribution in [0.2, 0.25) is 0 Å². The summed E-state index contributed by atoms with van der Waals surface area (Å²) in [4.78, 5) is 0. The molecule has 2 saturated heterocycles. The Balaban J connectivity index is 0.00000144. The van der Waals surface area contributed by atoms with E-state index in [-0.39, 0.29) is 18.4 Å². The van der Waals surface area contributed by atoms with Crippen molar-refractivity contribution in [2.75, 3.05) is 26.2 Å². The Morgan fingerprint density at radius 3 is 2.59 bits per heavy atom. The molecule has 102 valence electrons. The topological polar surface area (TPSA) is 61.4 Å². The minimum atomic E-state index is -3.27. The van der Waals surface area contributed by atoms with Gasteiger partial charge in [0.2, 0.25) is 0 Å². The predicted molar refractivity (Wildman–Crippen MR) is 70.5 cm³/mol. The second-order valence-electron chi connectivity index (χ2n) is 5.10. The first-order valence-electron chi connectivity index (χ1n) is 5.97. The maximum atomic E-state index is 12.0. The fraction of sp³-hybridized carbons (Fsp3) is 1.00. The number of halogens is 1. The number of hydrogen-bond donors (Lipinski definition) is 2. The molecule has 2 heterocycles. The molecule has 2 fully saturated rings. The monoisotopic (exact) mass is 283 g/mol. The van der Waals surface area contributed by atoms with Gasteiger partial charge in [-0.2, -0.15) is 17.4 Å². The largest absolute Gasteiger partial charge is 0.316 e. The highest BCUT2D eigenvalue weighted by atomic mass is 35.5. The van der Waals surface area contributed by atoms with E-state index in [9.17, 15) is 8.42 Å². The summed E-state index contributed by atoms with van der Waals surface area (Å²) < 4.78 is 28.2. The lowest BCUT2D eigenvalue weighted by Crippen LogP contribution is -2.49. The number of nitrogens with one attached hydrogen (secondary N) is 2. The van der Waals surface area contributed by atoms with Crippen LogP contribution in [-0.4, -0.2) is 44.9 Å². The molecule has 0 aromatic heterocycles. The molecule has 2 N–H and O–H groups in total. The summed E-state index contributed by atoms with van der Waals surface area (Å²) in [5, 5.41) is 3.34. The van der Waals surface area contributed by atoms with E-state index in [1.165, 1.54) is 0 Å². The van der Waals surface area contributed by atoms with Gasteiger partial charge in [-0.1, -0.05) is 0 Å². The van der Waals surface area contributed by atoms with E-state index in [0.717, 1.165) is 19.5 Å². The van der Waals surface area contributed by atoms with Crippen molar-refractivity contribution in [3.63, 3.8) is 0 Å². The fourth-order valence-corrected chi connectivity index (χ4v) is 4.07. The molecule has 0 saturated carbocycles. The average Bonchev–Trinajstić information content (AvgIpc) is 2.61. The molecule has 2 unspecified atom stereocenters. The van der Waals surface area contributed by atoms with Gasteiger partial charge in [0.25, 0.3) is 10.2 Å². The van der Waals surface area contributed by atoms with Gasteiger partial charge in [0.05, 0.1) is 0 Å². The first-order chi connectivity index (χ1) is 7.49. The normalized spacial score (nSPS) is 30.1. The summed E-state index contributed by atoms with van der Waals surface area (Å²) in [5.74, 6) is 1.17. The molecule has 7 heteroatoms.